The van der Waals surface area contributed by atoms with E-state index in [2.05, 4.69) is 40.3 Å². The van der Waals surface area contributed by atoms with Gasteiger partial charge >= 0.3 is 0 Å². The van der Waals surface area contributed by atoms with Crippen molar-refractivity contribution in [1.29, 1.82) is 0 Å². The summed E-state index contributed by atoms with van der Waals surface area (Å²) in [7, 11) is 3.53. The van der Waals surface area contributed by atoms with Crippen LogP contribution in [0.4, 0.5) is 0 Å². The lowest BCUT2D eigenvalue weighted by molar-refractivity contribution is 0.0511. The summed E-state index contributed by atoms with van der Waals surface area (Å²) in [5.74, 6) is 1.60. The van der Waals surface area contributed by atoms with Gasteiger partial charge in [0.2, 0.25) is 0 Å². The van der Waals surface area contributed by atoms with Crippen LogP contribution < -0.4 is 10.1 Å². The molecular formula is C17H26BrNO2. The Kier molecular flexibility index (Phi) is 6.52. The number of nitrogens with one attached hydrogen (secondary N) is 1. The maximum absolute atomic E-state index is 5.78. The van der Waals surface area contributed by atoms with Crippen molar-refractivity contribution in [2.24, 2.45) is 5.92 Å². The van der Waals surface area contributed by atoms with Gasteiger partial charge in [0.05, 0.1) is 17.7 Å². The van der Waals surface area contributed by atoms with Crippen molar-refractivity contribution in [3.63, 3.8) is 0 Å². The van der Waals surface area contributed by atoms with E-state index in [0.717, 1.165) is 35.5 Å². The van der Waals surface area contributed by atoms with Gasteiger partial charge in [-0.2, -0.15) is 0 Å². The van der Waals surface area contributed by atoms with E-state index in [1.54, 1.807) is 7.11 Å². The topological polar surface area (TPSA) is 30.5 Å². The van der Waals surface area contributed by atoms with Gasteiger partial charge in [0, 0.05) is 13.2 Å². The molecule has 2 atom stereocenters. The van der Waals surface area contributed by atoms with Crippen molar-refractivity contribution in [3.05, 3.63) is 28.2 Å². The van der Waals surface area contributed by atoms with Gasteiger partial charge in [0.1, 0.15) is 5.75 Å². The van der Waals surface area contributed by atoms with Crippen molar-refractivity contribution < 1.29 is 9.47 Å². The summed E-state index contributed by atoms with van der Waals surface area (Å²) < 4.78 is 12.1. The normalized spacial score (nSPS) is 17.5. The number of methoxy groups -OCH3 is 2. The van der Waals surface area contributed by atoms with Gasteiger partial charge in [0.25, 0.3) is 0 Å². The Labute approximate surface area is 136 Å². The van der Waals surface area contributed by atoms with E-state index in [4.69, 9.17) is 9.47 Å². The minimum atomic E-state index is 0.317. The van der Waals surface area contributed by atoms with E-state index in [0.29, 0.717) is 12.1 Å². The lowest BCUT2D eigenvalue weighted by Crippen LogP contribution is -2.44. The molecule has 1 aliphatic carbocycles. The summed E-state index contributed by atoms with van der Waals surface area (Å²) in [5.41, 5.74) is 1.30. The van der Waals surface area contributed by atoms with E-state index < -0.39 is 0 Å². The Bertz CT molecular complexity index is 448. The van der Waals surface area contributed by atoms with Crippen LogP contribution in [0, 0.1) is 5.92 Å². The monoisotopic (exact) mass is 355 g/mol. The molecule has 0 bridgehead atoms. The summed E-state index contributed by atoms with van der Waals surface area (Å²) in [6, 6.07) is 6.70. The zero-order valence-electron chi connectivity index (χ0n) is 13.2. The number of ether oxygens (including phenoxy) is 2. The molecule has 0 radical (unpaired) electrons. The molecule has 0 aliphatic heterocycles. The van der Waals surface area contributed by atoms with Crippen LogP contribution in [0.3, 0.4) is 0 Å². The van der Waals surface area contributed by atoms with Crippen LogP contribution in [0.2, 0.25) is 0 Å². The fourth-order valence-electron chi connectivity index (χ4n) is 2.84. The van der Waals surface area contributed by atoms with Crippen LogP contribution in [0.1, 0.15) is 31.7 Å². The predicted octanol–water partition coefficient (Wildman–Crippen LogP) is 3.79. The highest BCUT2D eigenvalue weighted by Gasteiger charge is 2.36. The van der Waals surface area contributed by atoms with Crippen molar-refractivity contribution in [3.8, 4) is 5.75 Å². The number of rotatable bonds is 9. The lowest BCUT2D eigenvalue weighted by atomic mass is 9.98. The average molecular weight is 356 g/mol. The third kappa shape index (κ3) is 4.70. The molecule has 0 amide bonds. The van der Waals surface area contributed by atoms with Crippen LogP contribution >= 0.6 is 15.9 Å². The first kappa shape index (κ1) is 16.8. The van der Waals surface area contributed by atoms with Gasteiger partial charge in [0.15, 0.2) is 0 Å². The van der Waals surface area contributed by atoms with Gasteiger partial charge in [-0.25, -0.2) is 0 Å². The highest BCUT2D eigenvalue weighted by Crippen LogP contribution is 2.36. The van der Waals surface area contributed by atoms with Crippen molar-refractivity contribution in [1.82, 2.24) is 5.32 Å². The first-order valence-electron chi connectivity index (χ1n) is 7.78. The minimum Gasteiger partial charge on any atom is -0.496 e. The molecule has 21 heavy (non-hydrogen) atoms. The molecule has 2 rings (SSSR count). The van der Waals surface area contributed by atoms with Gasteiger partial charge in [-0.3, -0.25) is 0 Å². The molecule has 1 aliphatic rings. The molecule has 2 unspecified atom stereocenters. The highest BCUT2D eigenvalue weighted by molar-refractivity contribution is 9.10. The Balaban J connectivity index is 2.07. The van der Waals surface area contributed by atoms with E-state index in [1.807, 2.05) is 13.2 Å². The molecule has 0 heterocycles. The van der Waals surface area contributed by atoms with Gasteiger partial charge in [-0.05, 0) is 71.8 Å². The summed E-state index contributed by atoms with van der Waals surface area (Å²) in [4.78, 5) is 0. The highest BCUT2D eigenvalue weighted by atomic mass is 79.9. The van der Waals surface area contributed by atoms with Crippen LogP contribution in [-0.2, 0) is 11.2 Å². The molecule has 1 aromatic carbocycles. The molecule has 1 aromatic rings. The third-order valence-electron chi connectivity index (χ3n) is 4.08. The van der Waals surface area contributed by atoms with Crippen LogP contribution in [0.25, 0.3) is 0 Å². The van der Waals surface area contributed by atoms with Gasteiger partial charge in [-0.15, -0.1) is 0 Å². The second-order valence-corrected chi connectivity index (χ2v) is 6.63. The molecule has 3 nitrogen and oxygen atoms in total. The summed E-state index contributed by atoms with van der Waals surface area (Å²) >= 11 is 3.57. The second kappa shape index (κ2) is 8.16. The molecule has 0 spiro atoms. The summed E-state index contributed by atoms with van der Waals surface area (Å²) in [5, 5.41) is 3.67. The maximum Gasteiger partial charge on any atom is 0.133 e. The van der Waals surface area contributed by atoms with Crippen LogP contribution in [0.5, 0.6) is 5.75 Å². The first-order valence-corrected chi connectivity index (χ1v) is 8.57. The fraction of sp³-hybridized carbons (Fsp3) is 0.647. The Hall–Kier alpha value is -0.580. The number of hydrogen-bond donors (Lipinski definition) is 1. The predicted molar refractivity (Wildman–Crippen MR) is 90.0 cm³/mol. The molecular weight excluding hydrogens is 330 g/mol. The van der Waals surface area contributed by atoms with E-state index in [-0.39, 0.29) is 0 Å². The number of halogens is 1. The van der Waals surface area contributed by atoms with E-state index >= 15 is 0 Å². The minimum absolute atomic E-state index is 0.317. The second-order valence-electron chi connectivity index (χ2n) is 5.77. The number of hydrogen-bond acceptors (Lipinski definition) is 3. The molecule has 1 saturated carbocycles. The molecule has 4 heteroatoms. The molecule has 0 aromatic heterocycles. The standard InChI is InChI=1S/C17H26BrNO2/c1-4-9-19-15(17(21-3)13-6-7-13)11-12-5-8-16(20-2)14(18)10-12/h5,8,10,13,15,17,19H,4,6-7,9,11H2,1-3H3. The smallest absolute Gasteiger partial charge is 0.133 e. The van der Waals surface area contributed by atoms with Crippen molar-refractivity contribution in [2.75, 3.05) is 20.8 Å². The Morgan fingerprint density at radius 1 is 1.33 bits per heavy atom. The summed E-state index contributed by atoms with van der Waals surface area (Å²) in [6.07, 6.45) is 5.04. The zero-order chi connectivity index (χ0) is 15.2. The third-order valence-corrected chi connectivity index (χ3v) is 4.70. The first-order chi connectivity index (χ1) is 10.2. The Morgan fingerprint density at radius 3 is 2.62 bits per heavy atom. The van der Waals surface area contributed by atoms with Gasteiger partial charge < -0.3 is 14.8 Å². The Morgan fingerprint density at radius 2 is 2.10 bits per heavy atom. The maximum atomic E-state index is 5.78. The van der Waals surface area contributed by atoms with Crippen molar-refractivity contribution in [2.45, 2.75) is 44.8 Å². The van der Waals surface area contributed by atoms with E-state index in [9.17, 15) is 0 Å². The quantitative estimate of drug-likeness (QED) is 0.730. The molecule has 1 N–H and O–H groups in total. The van der Waals surface area contributed by atoms with E-state index in [1.165, 1.54) is 18.4 Å². The SMILES string of the molecule is CCCNC(Cc1ccc(OC)c(Br)c1)C(OC)C1CC1. The van der Waals surface area contributed by atoms with Crippen LogP contribution in [0.15, 0.2) is 22.7 Å². The van der Waals surface area contributed by atoms with Crippen molar-refractivity contribution >= 4 is 15.9 Å². The fourth-order valence-corrected chi connectivity index (χ4v) is 3.42. The average Bonchev–Trinajstić information content (AvgIpc) is 3.30. The van der Waals surface area contributed by atoms with Crippen LogP contribution in [-0.4, -0.2) is 32.9 Å². The summed E-state index contributed by atoms with van der Waals surface area (Å²) in [6.45, 7) is 3.24. The number of benzene rings is 1. The lowest BCUT2D eigenvalue weighted by Gasteiger charge is -2.27. The largest absolute Gasteiger partial charge is 0.496 e. The molecule has 0 saturated heterocycles. The molecule has 1 fully saturated rings. The zero-order valence-corrected chi connectivity index (χ0v) is 14.8. The molecule has 118 valence electrons. The van der Waals surface area contributed by atoms with Gasteiger partial charge in [-0.1, -0.05) is 13.0 Å².